The second kappa shape index (κ2) is 10.8. The van der Waals surface area contributed by atoms with Crippen LogP contribution in [0.2, 0.25) is 5.15 Å². The van der Waals surface area contributed by atoms with Crippen LogP contribution in [-0.2, 0) is 17.8 Å². The molecule has 6 nitrogen and oxygen atoms in total. The summed E-state index contributed by atoms with van der Waals surface area (Å²) in [6.45, 7) is 8.11. The molecule has 0 atom stereocenters. The molecule has 0 bridgehead atoms. The second-order valence-electron chi connectivity index (χ2n) is 12.4. The van der Waals surface area contributed by atoms with Crippen molar-refractivity contribution in [3.05, 3.63) is 40.2 Å². The van der Waals surface area contributed by atoms with Crippen LogP contribution in [0.1, 0.15) is 70.1 Å². The van der Waals surface area contributed by atoms with E-state index >= 15 is 8.78 Å². The van der Waals surface area contributed by atoms with Crippen molar-refractivity contribution in [2.75, 3.05) is 38.2 Å². The molecule has 3 fully saturated rings. The van der Waals surface area contributed by atoms with Crippen molar-refractivity contribution in [3.63, 3.8) is 0 Å². The molecule has 1 saturated carbocycles. The second-order valence-corrected chi connectivity index (χ2v) is 12.7. The predicted octanol–water partition coefficient (Wildman–Crippen LogP) is 6.71. The third kappa shape index (κ3) is 5.73. The Hall–Kier alpha value is -2.45. The summed E-state index contributed by atoms with van der Waals surface area (Å²) in [5.74, 6) is -3.12. The summed E-state index contributed by atoms with van der Waals surface area (Å²) in [6.07, 6.45) is 7.61. The van der Waals surface area contributed by atoms with Crippen LogP contribution in [0.15, 0.2) is 12.1 Å². The van der Waals surface area contributed by atoms with Crippen LogP contribution in [0.25, 0.3) is 11.1 Å². The average Bonchev–Trinajstić information content (AvgIpc) is 2.85. The van der Waals surface area contributed by atoms with Gasteiger partial charge in [-0.15, -0.1) is 0 Å². The standard InChI is InChI=1S/C30H38ClF2N3O3/c1-29(2)7-13-36(14-8-29)26-20(17-24(37)38)28(31)34-23(18-35-11-9-30(10-12-35)5-4-6-30)25(26)19-15-21(32)27(39-3)22(33)16-19/h15-16H,4-14,17-18H2,1-3H3,(H,37,38). The molecule has 0 unspecified atom stereocenters. The van der Waals surface area contributed by atoms with E-state index in [4.69, 9.17) is 21.3 Å². The molecule has 0 amide bonds. The van der Waals surface area contributed by atoms with Crippen molar-refractivity contribution < 1.29 is 23.4 Å². The summed E-state index contributed by atoms with van der Waals surface area (Å²) < 4.78 is 35.0. The zero-order valence-corrected chi connectivity index (χ0v) is 23.8. The summed E-state index contributed by atoms with van der Waals surface area (Å²) in [5.41, 5.74) is 3.10. The van der Waals surface area contributed by atoms with Crippen molar-refractivity contribution in [1.29, 1.82) is 0 Å². The number of nitrogens with zero attached hydrogens (tertiary/aromatic N) is 3. The molecule has 9 heteroatoms. The first kappa shape index (κ1) is 28.1. The van der Waals surface area contributed by atoms with Gasteiger partial charge in [0.1, 0.15) is 5.15 Å². The first-order chi connectivity index (χ1) is 18.5. The number of methoxy groups -OCH3 is 1. The molecule has 1 spiro atoms. The highest BCUT2D eigenvalue weighted by molar-refractivity contribution is 6.31. The van der Waals surface area contributed by atoms with Crippen LogP contribution in [0.3, 0.4) is 0 Å². The molecule has 1 N–H and O–H groups in total. The van der Waals surface area contributed by atoms with Crippen LogP contribution < -0.4 is 9.64 Å². The smallest absolute Gasteiger partial charge is 0.308 e. The third-order valence-electron chi connectivity index (χ3n) is 9.25. The molecule has 1 aromatic heterocycles. The molecule has 1 aromatic carbocycles. The number of anilines is 1. The normalized spacial score (nSPS) is 20.6. The van der Waals surface area contributed by atoms with E-state index < -0.39 is 23.4 Å². The first-order valence-electron chi connectivity index (χ1n) is 13.9. The number of benzene rings is 1. The number of carboxylic acids is 1. The number of ether oxygens (including phenoxy) is 1. The van der Waals surface area contributed by atoms with E-state index in [0.29, 0.717) is 53.1 Å². The highest BCUT2D eigenvalue weighted by Gasteiger charge is 2.40. The fraction of sp³-hybridized carbons (Fsp3) is 0.600. The van der Waals surface area contributed by atoms with E-state index in [1.165, 1.54) is 38.5 Å². The fourth-order valence-corrected chi connectivity index (χ4v) is 6.77. The van der Waals surface area contributed by atoms with Gasteiger partial charge in [-0.25, -0.2) is 13.8 Å². The zero-order valence-electron chi connectivity index (χ0n) is 23.1. The predicted molar refractivity (Wildman–Crippen MR) is 149 cm³/mol. The maximum atomic E-state index is 15.1. The number of hydrogen-bond donors (Lipinski definition) is 1. The van der Waals surface area contributed by atoms with E-state index in [-0.39, 0.29) is 17.0 Å². The van der Waals surface area contributed by atoms with Crippen LogP contribution in [0.5, 0.6) is 5.75 Å². The molecule has 0 radical (unpaired) electrons. The number of aliphatic carboxylic acids is 1. The van der Waals surface area contributed by atoms with Gasteiger partial charge in [0, 0.05) is 30.8 Å². The maximum absolute atomic E-state index is 15.1. The molecule has 3 heterocycles. The SMILES string of the molecule is COc1c(F)cc(-c2c(CN3CCC4(CCC4)CC3)nc(Cl)c(CC(=O)O)c2N2CCC(C)(C)CC2)cc1F. The zero-order chi connectivity index (χ0) is 27.9. The van der Waals surface area contributed by atoms with Gasteiger partial charge in [-0.05, 0) is 80.1 Å². The van der Waals surface area contributed by atoms with Gasteiger partial charge in [-0.3, -0.25) is 9.69 Å². The van der Waals surface area contributed by atoms with E-state index in [1.54, 1.807) is 0 Å². The Morgan fingerprint density at radius 2 is 1.67 bits per heavy atom. The molecule has 3 aliphatic rings. The highest BCUT2D eigenvalue weighted by atomic mass is 35.5. The van der Waals surface area contributed by atoms with Gasteiger partial charge in [0.15, 0.2) is 17.4 Å². The molecular weight excluding hydrogens is 524 g/mol. The van der Waals surface area contributed by atoms with Gasteiger partial charge in [-0.2, -0.15) is 0 Å². The van der Waals surface area contributed by atoms with Gasteiger partial charge in [0.05, 0.1) is 24.9 Å². The lowest BCUT2D eigenvalue weighted by atomic mass is 9.63. The van der Waals surface area contributed by atoms with Crippen LogP contribution in [0, 0.1) is 22.5 Å². The molecule has 2 aromatic rings. The van der Waals surface area contributed by atoms with Crippen LogP contribution in [0.4, 0.5) is 14.5 Å². The lowest BCUT2D eigenvalue weighted by Crippen LogP contribution is -2.43. The van der Waals surface area contributed by atoms with Gasteiger partial charge >= 0.3 is 5.97 Å². The summed E-state index contributed by atoms with van der Waals surface area (Å²) in [4.78, 5) is 21.1. The number of hydrogen-bond acceptors (Lipinski definition) is 5. The summed E-state index contributed by atoms with van der Waals surface area (Å²) in [6, 6.07) is 2.52. The van der Waals surface area contributed by atoms with Crippen LogP contribution >= 0.6 is 11.6 Å². The summed E-state index contributed by atoms with van der Waals surface area (Å²) in [7, 11) is 1.23. The Kier molecular flexibility index (Phi) is 7.81. The Bertz CT molecular complexity index is 1220. The quantitative estimate of drug-likeness (QED) is 0.379. The first-order valence-corrected chi connectivity index (χ1v) is 14.3. The highest BCUT2D eigenvalue weighted by Crippen LogP contribution is 2.49. The molecule has 212 valence electrons. The number of aromatic nitrogens is 1. The van der Waals surface area contributed by atoms with Crippen molar-refractivity contribution in [2.24, 2.45) is 10.8 Å². The maximum Gasteiger partial charge on any atom is 0.308 e. The Morgan fingerprint density at radius 3 is 2.18 bits per heavy atom. The minimum atomic E-state index is -1.04. The van der Waals surface area contributed by atoms with Crippen molar-refractivity contribution in [3.8, 4) is 16.9 Å². The van der Waals surface area contributed by atoms with Crippen molar-refractivity contribution in [1.82, 2.24) is 9.88 Å². The topological polar surface area (TPSA) is 65.9 Å². The molecule has 2 saturated heterocycles. The number of rotatable bonds is 7. The number of halogens is 3. The molecule has 39 heavy (non-hydrogen) atoms. The number of carbonyl (C=O) groups is 1. The minimum Gasteiger partial charge on any atom is -0.491 e. The average molecular weight is 562 g/mol. The minimum absolute atomic E-state index is 0.137. The number of carboxylic acid groups (broad SMARTS) is 1. The molecule has 1 aliphatic carbocycles. The number of pyridine rings is 1. The van der Waals surface area contributed by atoms with E-state index in [1.807, 2.05) is 0 Å². The molecule has 5 rings (SSSR count). The largest absolute Gasteiger partial charge is 0.491 e. The van der Waals surface area contributed by atoms with E-state index in [2.05, 4.69) is 23.6 Å². The van der Waals surface area contributed by atoms with Gasteiger partial charge < -0.3 is 14.7 Å². The van der Waals surface area contributed by atoms with Gasteiger partial charge in [0.2, 0.25) is 0 Å². The number of likely N-dealkylation sites (tertiary alicyclic amines) is 1. The Labute approximate surface area is 234 Å². The number of piperidine rings is 2. The molecule has 2 aliphatic heterocycles. The summed E-state index contributed by atoms with van der Waals surface area (Å²) in [5, 5.41) is 9.91. The van der Waals surface area contributed by atoms with E-state index in [0.717, 1.165) is 38.8 Å². The van der Waals surface area contributed by atoms with Crippen molar-refractivity contribution in [2.45, 2.75) is 71.8 Å². The van der Waals surface area contributed by atoms with Crippen molar-refractivity contribution >= 4 is 23.3 Å². The van der Waals surface area contributed by atoms with Crippen LogP contribution in [-0.4, -0.2) is 54.2 Å². The monoisotopic (exact) mass is 561 g/mol. The molecular formula is C30H38ClF2N3O3. The van der Waals surface area contributed by atoms with Gasteiger partial charge in [0.25, 0.3) is 0 Å². The lowest BCUT2D eigenvalue weighted by Gasteiger charge is -2.48. The van der Waals surface area contributed by atoms with E-state index in [9.17, 15) is 9.90 Å². The Morgan fingerprint density at radius 1 is 1.05 bits per heavy atom. The Balaban J connectivity index is 1.64. The summed E-state index contributed by atoms with van der Waals surface area (Å²) >= 11 is 6.73. The lowest BCUT2D eigenvalue weighted by molar-refractivity contribution is -0.136. The third-order valence-corrected chi connectivity index (χ3v) is 9.56. The fourth-order valence-electron chi connectivity index (χ4n) is 6.51. The van der Waals surface area contributed by atoms with Gasteiger partial charge in [-0.1, -0.05) is 31.9 Å².